The third kappa shape index (κ3) is 5.53. The number of nitrogens with zero attached hydrogens (tertiary/aromatic N) is 1. The molecule has 14 aromatic rings. The number of benzene rings is 12. The monoisotopic (exact) mass is 901 g/mol. The van der Waals surface area contributed by atoms with Crippen molar-refractivity contribution >= 4 is 98.7 Å². The predicted molar refractivity (Wildman–Crippen MR) is 285 cm³/mol. The van der Waals surface area contributed by atoms with E-state index in [0.29, 0.717) is 0 Å². The molecule has 0 aliphatic rings. The summed E-state index contributed by atoms with van der Waals surface area (Å²) in [5.41, 5.74) is 13.8. The van der Waals surface area contributed by atoms with Crippen molar-refractivity contribution in [3.8, 4) is 50.2 Å². The molecule has 2 heteroatoms. The number of rotatable bonds is 5. The Morgan fingerprint density at radius 3 is 1.30 bits per heavy atom. The van der Waals surface area contributed by atoms with Gasteiger partial charge < -0.3 is 0 Å². The maximum atomic E-state index is 2.52. The molecule has 306 valence electrons. The fraction of sp³-hybridized carbons (Fsp3) is 0. The van der Waals surface area contributed by atoms with Gasteiger partial charge in [-0.05, 0) is 18.2 Å². The van der Waals surface area contributed by atoms with Crippen molar-refractivity contribution in [2.45, 2.75) is 0 Å². The molecule has 2 aromatic heterocycles. The number of aromatic nitrogens is 1. The van der Waals surface area contributed by atoms with Gasteiger partial charge in [0.15, 0.2) is 0 Å². The summed E-state index contributed by atoms with van der Waals surface area (Å²) in [6.07, 6.45) is 0. The van der Waals surface area contributed by atoms with Gasteiger partial charge in [-0.25, -0.2) is 0 Å². The molecule has 14 rings (SSSR count). The number of hydrogen-bond acceptors (Lipinski definition) is 0. The van der Waals surface area contributed by atoms with Gasteiger partial charge in [0.2, 0.25) is 0 Å². The molecule has 0 saturated heterocycles. The number of fused-ring (bicyclic) bond motifs is 10. The molecule has 66 heavy (non-hydrogen) atoms. The van der Waals surface area contributed by atoms with Gasteiger partial charge >= 0.3 is 335 Å². The Kier molecular flexibility index (Phi) is 8.37. The van der Waals surface area contributed by atoms with Gasteiger partial charge in [-0.3, -0.25) is 0 Å². The second-order valence-electron chi connectivity index (χ2n) is 17.5. The van der Waals surface area contributed by atoms with Gasteiger partial charge in [0.25, 0.3) is 0 Å². The maximum absolute atomic E-state index is 2.52. The molecule has 1 nitrogen and oxygen atoms in total. The minimum atomic E-state index is 0.179. The molecule has 0 fully saturated rings. The van der Waals surface area contributed by atoms with Gasteiger partial charge in [0, 0.05) is 0 Å². The Balaban J connectivity index is 1.03. The molecular weight excluding hydrogens is 862 g/mol. The quantitative estimate of drug-likeness (QED) is 0.120. The van der Waals surface area contributed by atoms with E-state index < -0.39 is 0 Å². The number of para-hydroxylation sites is 2. The molecule has 0 bridgehead atoms. The topological polar surface area (TPSA) is 4.93 Å². The van der Waals surface area contributed by atoms with Crippen LogP contribution in [-0.4, -0.2) is 19.1 Å². The van der Waals surface area contributed by atoms with Gasteiger partial charge in [-0.2, -0.15) is 0 Å². The molecule has 0 amide bonds. The summed E-state index contributed by atoms with van der Waals surface area (Å²) in [4.78, 5) is 0. The van der Waals surface area contributed by atoms with E-state index >= 15 is 0 Å². The van der Waals surface area contributed by atoms with E-state index in [9.17, 15) is 0 Å². The first-order valence-electron chi connectivity index (χ1n) is 22.8. The first-order chi connectivity index (χ1) is 32.8. The van der Waals surface area contributed by atoms with Crippen molar-refractivity contribution < 1.29 is 0 Å². The van der Waals surface area contributed by atoms with Gasteiger partial charge in [-0.1, -0.05) is 36.4 Å². The van der Waals surface area contributed by atoms with Crippen molar-refractivity contribution in [1.82, 2.24) is 4.57 Å². The van der Waals surface area contributed by atoms with E-state index in [-0.39, 0.29) is 14.5 Å². The van der Waals surface area contributed by atoms with E-state index in [1.165, 1.54) is 134 Å². The molecule has 12 aromatic carbocycles. The van der Waals surface area contributed by atoms with Crippen LogP contribution in [0.1, 0.15) is 0 Å². The third-order valence-corrected chi connectivity index (χ3v) is 16.3. The summed E-state index contributed by atoms with van der Waals surface area (Å²) < 4.78 is 5.31. The van der Waals surface area contributed by atoms with Crippen molar-refractivity contribution in [1.29, 1.82) is 0 Å². The molecule has 0 aliphatic carbocycles. The number of hydrogen-bond donors (Lipinski definition) is 0. The van der Waals surface area contributed by atoms with E-state index in [1.54, 1.807) is 0 Å². The van der Waals surface area contributed by atoms with E-state index in [4.69, 9.17) is 0 Å². The Labute approximate surface area is 387 Å². The van der Waals surface area contributed by atoms with Crippen molar-refractivity contribution in [2.75, 3.05) is 0 Å². The fourth-order valence-electron chi connectivity index (χ4n) is 11.3. The van der Waals surface area contributed by atoms with Gasteiger partial charge in [0.05, 0.1) is 0 Å². The first-order valence-corrected chi connectivity index (χ1v) is 24.5. The summed E-state index contributed by atoms with van der Waals surface area (Å²) in [6.45, 7) is 0. The summed E-state index contributed by atoms with van der Waals surface area (Å²) >= 11 is 0.179. The van der Waals surface area contributed by atoms with Crippen LogP contribution in [0.25, 0.3) is 134 Å². The van der Waals surface area contributed by atoms with Crippen molar-refractivity contribution in [3.05, 3.63) is 237 Å². The molecule has 2 heterocycles. The predicted octanol–water partition coefficient (Wildman–Crippen LogP) is 17.4. The third-order valence-electron chi connectivity index (χ3n) is 14.0. The summed E-state index contributed by atoms with van der Waals surface area (Å²) in [5, 5.41) is 15.4. The summed E-state index contributed by atoms with van der Waals surface area (Å²) in [7, 11) is 0. The molecule has 0 aliphatic heterocycles. The van der Waals surface area contributed by atoms with Crippen molar-refractivity contribution in [2.24, 2.45) is 0 Å². The van der Waals surface area contributed by atoms with Crippen LogP contribution in [0.5, 0.6) is 0 Å². The van der Waals surface area contributed by atoms with Crippen LogP contribution in [0.3, 0.4) is 0 Å². The van der Waals surface area contributed by atoms with Crippen molar-refractivity contribution in [3.63, 3.8) is 0 Å². The molecule has 0 radical (unpaired) electrons. The second-order valence-corrected chi connectivity index (χ2v) is 19.7. The minimum absolute atomic E-state index is 0.179. The zero-order valence-electron chi connectivity index (χ0n) is 35.9. The van der Waals surface area contributed by atoms with E-state index in [1.807, 2.05) is 0 Å². The normalized spacial score (nSPS) is 11.9. The van der Waals surface area contributed by atoms with Gasteiger partial charge in [-0.15, -0.1) is 0 Å². The molecule has 0 N–H and O–H groups in total. The zero-order chi connectivity index (χ0) is 43.3. The second kappa shape index (κ2) is 14.8. The van der Waals surface area contributed by atoms with Crippen LogP contribution in [0.2, 0.25) is 0 Å². The Bertz CT molecular complexity index is 4160. The summed E-state index contributed by atoms with van der Waals surface area (Å²) in [5.74, 6) is 0. The fourth-order valence-corrected chi connectivity index (χ4v) is 13.6. The van der Waals surface area contributed by atoms with Crippen LogP contribution in [0, 0.1) is 0 Å². The molecular formula is C64H39NSe. The molecule has 0 saturated carbocycles. The van der Waals surface area contributed by atoms with Crippen LogP contribution in [0.4, 0.5) is 0 Å². The molecule has 0 spiro atoms. The zero-order valence-corrected chi connectivity index (χ0v) is 37.6. The Morgan fingerprint density at radius 1 is 0.258 bits per heavy atom. The average molecular weight is 901 g/mol. The van der Waals surface area contributed by atoms with Crippen LogP contribution in [0.15, 0.2) is 237 Å². The van der Waals surface area contributed by atoms with Crippen LogP contribution < -0.4 is 0 Å². The van der Waals surface area contributed by atoms with Crippen LogP contribution in [-0.2, 0) is 0 Å². The van der Waals surface area contributed by atoms with Gasteiger partial charge in [0.1, 0.15) is 0 Å². The van der Waals surface area contributed by atoms with Crippen LogP contribution >= 0.6 is 0 Å². The first kappa shape index (κ1) is 37.4. The average Bonchev–Trinajstić information content (AvgIpc) is 3.93. The molecule has 0 atom stereocenters. The Hall–Kier alpha value is -8.00. The van der Waals surface area contributed by atoms with E-state index in [2.05, 4.69) is 241 Å². The van der Waals surface area contributed by atoms with E-state index in [0.717, 1.165) is 0 Å². The molecule has 0 unspecified atom stereocenters. The standard InChI is InChI=1S/C64H39NSe/c1-3-18-40(19-4-1)60-46-23-7-9-25-48(46)61(49-26-10-8-24-47(49)60)41-35-37-58-55(38-41)64-54(31-17-33-59(64)66-58)63-52-29-13-11-27-50(52)62(51-28-12-14-30-53(51)63)42-34-36-45-44-22-15-16-32-56(44)65(57(45)39-42)43-20-5-2-6-21-43/h1-39H. The Morgan fingerprint density at radius 2 is 0.712 bits per heavy atom. The summed E-state index contributed by atoms with van der Waals surface area (Å²) in [6, 6.07) is 88.2. The SMILES string of the molecule is c1ccc(-c2c3ccccc3c(-c3ccc4[se]c5cccc(-c6c7ccccc7c(-c7ccc8c9ccccc9n(-c9ccccc9)c8c7)c7ccccc67)c5c4c3)c3ccccc23)cc1.